The molecule has 6 nitrogen and oxygen atoms in total. The molecule has 1 aromatic heterocycles. The Hall–Kier alpha value is -2.97. The molecule has 0 fully saturated rings. The van der Waals surface area contributed by atoms with Crippen molar-refractivity contribution in [2.75, 3.05) is 25.2 Å². The first-order chi connectivity index (χ1) is 16.7. The second-order valence-corrected chi connectivity index (χ2v) is 9.48. The molecular formula is C26H28ClF2N3O3. The van der Waals surface area contributed by atoms with Gasteiger partial charge in [-0.2, -0.15) is 5.10 Å². The number of hydrogen-bond donors (Lipinski definition) is 2. The van der Waals surface area contributed by atoms with Crippen LogP contribution in [-0.2, 0) is 11.2 Å². The Morgan fingerprint density at radius 3 is 2.66 bits per heavy atom. The van der Waals surface area contributed by atoms with Gasteiger partial charge in [0, 0.05) is 47.9 Å². The van der Waals surface area contributed by atoms with Gasteiger partial charge in [0.15, 0.2) is 0 Å². The number of anilines is 1. The highest BCUT2D eigenvalue weighted by Crippen LogP contribution is 2.38. The minimum Gasteiger partial charge on any atom is -0.497 e. The van der Waals surface area contributed by atoms with Gasteiger partial charge in [-0.25, -0.2) is 8.78 Å². The number of nitrogens with one attached hydrogen (secondary N) is 1. The van der Waals surface area contributed by atoms with Crippen molar-refractivity contribution in [3.05, 3.63) is 64.4 Å². The summed E-state index contributed by atoms with van der Waals surface area (Å²) in [7, 11) is 1.46. The van der Waals surface area contributed by atoms with Crippen molar-refractivity contribution < 1.29 is 23.4 Å². The van der Waals surface area contributed by atoms with E-state index in [1.807, 2.05) is 13.8 Å². The van der Waals surface area contributed by atoms with Crippen molar-refractivity contribution in [3.8, 4) is 16.9 Å². The minimum absolute atomic E-state index is 0.113. The Kier molecular flexibility index (Phi) is 7.42. The predicted molar refractivity (Wildman–Crippen MR) is 131 cm³/mol. The summed E-state index contributed by atoms with van der Waals surface area (Å²) in [4.78, 5) is 15.0. The summed E-state index contributed by atoms with van der Waals surface area (Å²) >= 11 is 6.08. The van der Waals surface area contributed by atoms with Crippen molar-refractivity contribution in [3.63, 3.8) is 0 Å². The maximum absolute atomic E-state index is 15.0. The van der Waals surface area contributed by atoms with E-state index < -0.39 is 17.6 Å². The molecule has 186 valence electrons. The van der Waals surface area contributed by atoms with Gasteiger partial charge in [-0.1, -0.05) is 25.4 Å². The van der Waals surface area contributed by atoms with Gasteiger partial charge in [0.05, 0.1) is 13.3 Å². The average molecular weight is 504 g/mol. The lowest BCUT2D eigenvalue weighted by Gasteiger charge is -2.28. The first kappa shape index (κ1) is 25.1. The normalized spacial score (nSPS) is 15.6. The third-order valence-corrected chi connectivity index (χ3v) is 7.22. The summed E-state index contributed by atoms with van der Waals surface area (Å²) in [5.74, 6) is -1.52. The number of fused-ring (bicyclic) bond motifs is 1. The van der Waals surface area contributed by atoms with E-state index >= 15 is 0 Å². The van der Waals surface area contributed by atoms with E-state index in [0.29, 0.717) is 47.5 Å². The minimum atomic E-state index is -0.479. The number of rotatable bonds is 8. The van der Waals surface area contributed by atoms with Gasteiger partial charge in [-0.15, -0.1) is 0 Å². The van der Waals surface area contributed by atoms with Gasteiger partial charge < -0.3 is 14.7 Å². The zero-order chi connectivity index (χ0) is 25.3. The molecule has 0 saturated carbocycles. The number of methoxy groups -OCH3 is 1. The fraction of sp³-hybridized carbons (Fsp3) is 0.385. The first-order valence-corrected chi connectivity index (χ1v) is 11.9. The van der Waals surface area contributed by atoms with Gasteiger partial charge in [0.25, 0.3) is 0 Å². The maximum atomic E-state index is 15.0. The molecule has 2 N–H and O–H groups in total. The quantitative estimate of drug-likeness (QED) is 0.434. The van der Waals surface area contributed by atoms with E-state index in [4.69, 9.17) is 16.3 Å². The molecule has 2 aromatic carbocycles. The second-order valence-electron chi connectivity index (χ2n) is 9.10. The summed E-state index contributed by atoms with van der Waals surface area (Å²) in [6.45, 7) is 4.04. The number of nitrogens with zero attached hydrogens (tertiary/aromatic N) is 2. The summed E-state index contributed by atoms with van der Waals surface area (Å²) in [5, 5.41) is 16.7. The Bertz CT molecular complexity index is 1230. The number of halogens is 3. The average Bonchev–Trinajstić information content (AvgIpc) is 3.45. The van der Waals surface area contributed by atoms with Crippen molar-refractivity contribution >= 4 is 23.2 Å². The fourth-order valence-corrected chi connectivity index (χ4v) is 4.90. The summed E-state index contributed by atoms with van der Waals surface area (Å²) in [6, 6.07) is 7.47. The summed E-state index contributed by atoms with van der Waals surface area (Å²) in [5.41, 5.74) is 2.86. The fourth-order valence-electron chi connectivity index (χ4n) is 4.70. The molecule has 2 unspecified atom stereocenters. The van der Waals surface area contributed by atoms with Crippen LogP contribution in [0.3, 0.4) is 0 Å². The predicted octanol–water partition coefficient (Wildman–Crippen LogP) is 5.34. The Morgan fingerprint density at radius 1 is 1.23 bits per heavy atom. The van der Waals surface area contributed by atoms with E-state index in [2.05, 4.69) is 10.2 Å². The van der Waals surface area contributed by atoms with E-state index in [0.717, 1.165) is 5.56 Å². The molecule has 0 radical (unpaired) electrons. The molecule has 4 rings (SSSR count). The lowest BCUT2D eigenvalue weighted by Crippen LogP contribution is -2.36. The zero-order valence-corrected chi connectivity index (χ0v) is 20.6. The lowest BCUT2D eigenvalue weighted by atomic mass is 9.83. The van der Waals surface area contributed by atoms with Crippen molar-refractivity contribution in [2.24, 2.45) is 11.8 Å². The topological polar surface area (TPSA) is 78.5 Å². The standard InChI is InChI=1S/C26H28ClF2N3O3/c1-14(6-18(13-33)17-7-19(28)10-20(8-17)35-3)15(2)26(34)32-5-4-16-9-21(23(29)11-24(16)32)22-12-30-31-25(22)27/h7-12,14-15,18,33H,4-6,13H2,1-3H3,(H,30,31)/t14?,15?,18-/m1/s1. The van der Waals surface area contributed by atoms with Crippen LogP contribution < -0.4 is 9.64 Å². The number of carbonyl (C=O) groups excluding carboxylic acids is 1. The highest BCUT2D eigenvalue weighted by molar-refractivity contribution is 6.32. The highest BCUT2D eigenvalue weighted by Gasteiger charge is 2.33. The molecule has 0 bridgehead atoms. The lowest BCUT2D eigenvalue weighted by molar-refractivity contribution is -0.123. The van der Waals surface area contributed by atoms with Crippen LogP contribution in [-0.4, -0.2) is 41.5 Å². The Balaban J connectivity index is 1.51. The molecule has 0 spiro atoms. The van der Waals surface area contributed by atoms with Gasteiger partial charge >= 0.3 is 0 Å². The number of aliphatic hydroxyl groups excluding tert-OH is 1. The van der Waals surface area contributed by atoms with Crippen LogP contribution in [0.15, 0.2) is 36.5 Å². The maximum Gasteiger partial charge on any atom is 0.230 e. The van der Waals surface area contributed by atoms with E-state index in [1.54, 1.807) is 17.0 Å². The molecule has 2 heterocycles. The number of aromatic nitrogens is 2. The van der Waals surface area contributed by atoms with Crippen molar-refractivity contribution in [1.82, 2.24) is 10.2 Å². The van der Waals surface area contributed by atoms with Gasteiger partial charge in [0.2, 0.25) is 5.91 Å². The largest absolute Gasteiger partial charge is 0.497 e. The van der Waals surface area contributed by atoms with Crippen molar-refractivity contribution in [2.45, 2.75) is 32.6 Å². The number of aliphatic hydroxyl groups is 1. The summed E-state index contributed by atoms with van der Waals surface area (Å²) < 4.78 is 34.1. The molecule has 9 heteroatoms. The number of ether oxygens (including phenoxy) is 1. The molecule has 1 aliphatic rings. The van der Waals surface area contributed by atoms with Crippen LogP contribution in [0.5, 0.6) is 5.75 Å². The smallest absolute Gasteiger partial charge is 0.230 e. The number of hydrogen-bond acceptors (Lipinski definition) is 4. The van der Waals surface area contributed by atoms with Crippen LogP contribution in [0.4, 0.5) is 14.5 Å². The molecular weight excluding hydrogens is 476 g/mol. The number of carbonyl (C=O) groups is 1. The van der Waals surface area contributed by atoms with Crippen LogP contribution in [0.1, 0.15) is 37.3 Å². The van der Waals surface area contributed by atoms with Crippen LogP contribution in [0.2, 0.25) is 5.15 Å². The highest BCUT2D eigenvalue weighted by atomic mass is 35.5. The zero-order valence-electron chi connectivity index (χ0n) is 19.8. The van der Waals surface area contributed by atoms with Gasteiger partial charge in [-0.3, -0.25) is 9.89 Å². The van der Waals surface area contributed by atoms with Crippen LogP contribution in [0.25, 0.3) is 11.1 Å². The second kappa shape index (κ2) is 10.3. The molecule has 0 aliphatic carbocycles. The van der Waals surface area contributed by atoms with Crippen LogP contribution >= 0.6 is 11.6 Å². The molecule has 1 aliphatic heterocycles. The van der Waals surface area contributed by atoms with Crippen LogP contribution in [0, 0.1) is 23.5 Å². The third-order valence-electron chi connectivity index (χ3n) is 6.93. The van der Waals surface area contributed by atoms with Gasteiger partial charge in [0.1, 0.15) is 22.5 Å². The Labute approximate surface area is 207 Å². The third kappa shape index (κ3) is 5.04. The van der Waals surface area contributed by atoms with Crippen molar-refractivity contribution in [1.29, 1.82) is 0 Å². The van der Waals surface area contributed by atoms with E-state index in [1.165, 1.54) is 31.5 Å². The SMILES string of the molecule is COc1cc(F)cc([C@@H](CO)CC(C)C(C)C(=O)N2CCc3cc(-c4cn[nH]c4Cl)c(F)cc32)c1. The van der Waals surface area contributed by atoms with E-state index in [9.17, 15) is 18.7 Å². The number of H-pyrrole nitrogens is 1. The van der Waals surface area contributed by atoms with E-state index in [-0.39, 0.29) is 29.5 Å². The molecule has 0 saturated heterocycles. The number of aromatic amines is 1. The Morgan fingerprint density at radius 2 is 2.00 bits per heavy atom. The first-order valence-electron chi connectivity index (χ1n) is 11.5. The summed E-state index contributed by atoms with van der Waals surface area (Å²) in [6.07, 6.45) is 2.55. The van der Waals surface area contributed by atoms with Gasteiger partial charge in [-0.05, 0) is 54.2 Å². The number of amides is 1. The number of benzene rings is 2. The monoisotopic (exact) mass is 503 g/mol. The molecule has 35 heavy (non-hydrogen) atoms. The molecule has 1 amide bonds. The molecule has 3 atom stereocenters. The molecule has 3 aromatic rings.